The molecule has 166 valence electrons. The molecule has 0 spiro atoms. The Morgan fingerprint density at radius 2 is 1.69 bits per heavy atom. The number of nitro groups is 1. The highest BCUT2D eigenvalue weighted by atomic mass is 32.2. The molecule has 3 aromatic rings. The van der Waals surface area contributed by atoms with Crippen molar-refractivity contribution in [3.63, 3.8) is 0 Å². The number of nitro benzene ring substituents is 1. The lowest BCUT2D eigenvalue weighted by Gasteiger charge is -2.10. The average molecular weight is 455 g/mol. The third kappa shape index (κ3) is 5.41. The van der Waals surface area contributed by atoms with Gasteiger partial charge in [0.25, 0.3) is 21.6 Å². The van der Waals surface area contributed by atoms with Gasteiger partial charge in [-0.3, -0.25) is 19.6 Å². The summed E-state index contributed by atoms with van der Waals surface area (Å²) in [6.45, 7) is 1.85. The van der Waals surface area contributed by atoms with Crippen LogP contribution in [0.3, 0.4) is 0 Å². The first-order chi connectivity index (χ1) is 15.2. The molecule has 0 aliphatic carbocycles. The smallest absolute Gasteiger partial charge is 0.273 e. The van der Waals surface area contributed by atoms with Gasteiger partial charge in [-0.1, -0.05) is 18.2 Å². The molecule has 3 aromatic carbocycles. The summed E-state index contributed by atoms with van der Waals surface area (Å²) in [5.41, 5.74) is 1.55. The van der Waals surface area contributed by atoms with Gasteiger partial charge in [0.05, 0.1) is 16.9 Å². The van der Waals surface area contributed by atoms with E-state index in [1.165, 1.54) is 43.3 Å². The van der Waals surface area contributed by atoms with Crippen LogP contribution in [0.5, 0.6) is 5.75 Å². The molecule has 0 fully saturated rings. The van der Waals surface area contributed by atoms with Crippen molar-refractivity contribution in [1.82, 2.24) is 5.32 Å². The second-order valence-corrected chi connectivity index (χ2v) is 8.60. The molecule has 9 nitrogen and oxygen atoms in total. The first-order valence-corrected chi connectivity index (χ1v) is 11.0. The number of anilines is 1. The summed E-state index contributed by atoms with van der Waals surface area (Å²) in [5.74, 6) is 0.405. The number of ether oxygens (including phenoxy) is 1. The van der Waals surface area contributed by atoms with Gasteiger partial charge in [0, 0.05) is 29.4 Å². The van der Waals surface area contributed by atoms with E-state index in [9.17, 15) is 23.3 Å². The van der Waals surface area contributed by atoms with Crippen LogP contribution in [0, 0.1) is 17.0 Å². The number of aryl methyl sites for hydroxylation is 1. The van der Waals surface area contributed by atoms with Gasteiger partial charge in [-0.2, -0.15) is 0 Å². The fourth-order valence-corrected chi connectivity index (χ4v) is 3.96. The Kier molecular flexibility index (Phi) is 6.74. The first kappa shape index (κ1) is 22.8. The van der Waals surface area contributed by atoms with E-state index in [1.807, 2.05) is 12.1 Å². The lowest BCUT2D eigenvalue weighted by atomic mass is 10.2. The summed E-state index contributed by atoms with van der Waals surface area (Å²) in [6, 6.07) is 16.8. The monoisotopic (exact) mass is 455 g/mol. The van der Waals surface area contributed by atoms with Crippen LogP contribution >= 0.6 is 0 Å². The summed E-state index contributed by atoms with van der Waals surface area (Å²) < 4.78 is 32.6. The van der Waals surface area contributed by atoms with E-state index in [0.29, 0.717) is 17.7 Å². The van der Waals surface area contributed by atoms with Crippen LogP contribution in [0.4, 0.5) is 11.4 Å². The standard InChI is InChI=1S/C22H21N3O6S/c1-15-3-12-20(13-21(15)25(27)28)32(29,30)24-18-8-6-17(7-9-18)22(26)23-14-16-4-10-19(31-2)11-5-16/h3-13,24H,14H2,1-2H3,(H,23,26). The molecule has 0 heterocycles. The second-order valence-electron chi connectivity index (χ2n) is 6.92. The number of hydrogen-bond donors (Lipinski definition) is 2. The molecule has 0 aliphatic heterocycles. The number of benzene rings is 3. The summed E-state index contributed by atoms with van der Waals surface area (Å²) in [5, 5.41) is 13.9. The highest BCUT2D eigenvalue weighted by molar-refractivity contribution is 7.92. The van der Waals surface area contributed by atoms with Crippen molar-refractivity contribution in [3.05, 3.63) is 93.5 Å². The highest BCUT2D eigenvalue weighted by Crippen LogP contribution is 2.24. The Bertz CT molecular complexity index is 1240. The third-order valence-corrected chi connectivity index (χ3v) is 6.08. The minimum Gasteiger partial charge on any atom is -0.497 e. The zero-order chi connectivity index (χ0) is 23.3. The topological polar surface area (TPSA) is 128 Å². The predicted octanol–water partition coefficient (Wildman–Crippen LogP) is 3.64. The van der Waals surface area contributed by atoms with Crippen molar-refractivity contribution in [2.75, 3.05) is 11.8 Å². The molecule has 0 saturated carbocycles. The number of methoxy groups -OCH3 is 1. The fourth-order valence-electron chi connectivity index (χ4n) is 2.88. The molecule has 0 aromatic heterocycles. The maximum Gasteiger partial charge on any atom is 0.273 e. The number of sulfonamides is 1. The van der Waals surface area contributed by atoms with Crippen LogP contribution in [-0.2, 0) is 16.6 Å². The Balaban J connectivity index is 1.66. The number of hydrogen-bond acceptors (Lipinski definition) is 6. The molecule has 32 heavy (non-hydrogen) atoms. The SMILES string of the molecule is COc1ccc(CNC(=O)c2ccc(NS(=O)(=O)c3ccc(C)c([N+](=O)[O-])c3)cc2)cc1. The Hall–Kier alpha value is -3.92. The molecule has 10 heteroatoms. The van der Waals surface area contributed by atoms with E-state index >= 15 is 0 Å². The van der Waals surface area contributed by atoms with Crippen LogP contribution in [0.1, 0.15) is 21.5 Å². The molecule has 2 N–H and O–H groups in total. The van der Waals surface area contributed by atoms with Crippen LogP contribution < -0.4 is 14.8 Å². The van der Waals surface area contributed by atoms with Crippen molar-refractivity contribution in [1.29, 1.82) is 0 Å². The maximum absolute atomic E-state index is 12.6. The van der Waals surface area contributed by atoms with Crippen molar-refractivity contribution in [2.24, 2.45) is 0 Å². The van der Waals surface area contributed by atoms with Gasteiger partial charge in [0.1, 0.15) is 5.75 Å². The van der Waals surface area contributed by atoms with Gasteiger partial charge in [-0.05, 0) is 55.0 Å². The van der Waals surface area contributed by atoms with Gasteiger partial charge in [0.2, 0.25) is 0 Å². The third-order valence-electron chi connectivity index (χ3n) is 4.70. The Labute approximate surface area is 185 Å². The number of amides is 1. The second kappa shape index (κ2) is 9.48. The maximum atomic E-state index is 12.6. The molecule has 3 rings (SSSR count). The molecule has 0 unspecified atom stereocenters. The number of carbonyl (C=O) groups excluding carboxylic acids is 1. The van der Waals surface area contributed by atoms with Crippen LogP contribution in [0.25, 0.3) is 0 Å². The first-order valence-electron chi connectivity index (χ1n) is 9.48. The number of nitrogens with zero attached hydrogens (tertiary/aromatic N) is 1. The van der Waals surface area contributed by atoms with E-state index in [2.05, 4.69) is 10.0 Å². The van der Waals surface area contributed by atoms with Crippen LogP contribution in [0.15, 0.2) is 71.6 Å². The average Bonchev–Trinajstić information content (AvgIpc) is 2.78. The summed E-state index contributed by atoms with van der Waals surface area (Å²) in [4.78, 5) is 22.6. The van der Waals surface area contributed by atoms with E-state index in [-0.39, 0.29) is 22.2 Å². The van der Waals surface area contributed by atoms with Crippen LogP contribution in [-0.4, -0.2) is 26.4 Å². The number of rotatable bonds is 8. The van der Waals surface area contributed by atoms with Crippen molar-refractivity contribution >= 4 is 27.3 Å². The van der Waals surface area contributed by atoms with Crippen molar-refractivity contribution < 1.29 is 22.9 Å². The summed E-state index contributed by atoms with van der Waals surface area (Å²) >= 11 is 0. The summed E-state index contributed by atoms with van der Waals surface area (Å²) in [6.07, 6.45) is 0. The number of nitrogens with one attached hydrogen (secondary N) is 2. The highest BCUT2D eigenvalue weighted by Gasteiger charge is 2.20. The largest absolute Gasteiger partial charge is 0.497 e. The Morgan fingerprint density at radius 1 is 1.03 bits per heavy atom. The molecular weight excluding hydrogens is 434 g/mol. The van der Waals surface area contributed by atoms with E-state index in [0.717, 1.165) is 17.4 Å². The van der Waals surface area contributed by atoms with Crippen molar-refractivity contribution in [3.8, 4) is 5.75 Å². The van der Waals surface area contributed by atoms with Gasteiger partial charge >= 0.3 is 0 Å². The van der Waals surface area contributed by atoms with E-state index in [4.69, 9.17) is 4.74 Å². The van der Waals surface area contributed by atoms with Gasteiger partial charge < -0.3 is 10.1 Å². The minimum atomic E-state index is -4.04. The zero-order valence-corrected chi connectivity index (χ0v) is 18.2. The normalized spacial score (nSPS) is 10.9. The zero-order valence-electron chi connectivity index (χ0n) is 17.4. The van der Waals surface area contributed by atoms with E-state index in [1.54, 1.807) is 19.2 Å². The molecule has 0 atom stereocenters. The quantitative estimate of drug-likeness (QED) is 0.394. The molecule has 1 amide bonds. The van der Waals surface area contributed by atoms with Crippen molar-refractivity contribution in [2.45, 2.75) is 18.4 Å². The molecule has 0 aliphatic rings. The molecular formula is C22H21N3O6S. The minimum absolute atomic E-state index is 0.222. The Morgan fingerprint density at radius 3 is 2.28 bits per heavy atom. The molecule has 0 bridgehead atoms. The van der Waals surface area contributed by atoms with Gasteiger partial charge in [0.15, 0.2) is 0 Å². The predicted molar refractivity (Wildman–Crippen MR) is 119 cm³/mol. The van der Waals surface area contributed by atoms with Gasteiger partial charge in [-0.15, -0.1) is 0 Å². The molecule has 0 radical (unpaired) electrons. The fraction of sp³-hybridized carbons (Fsp3) is 0.136. The lowest BCUT2D eigenvalue weighted by molar-refractivity contribution is -0.385. The van der Waals surface area contributed by atoms with Crippen LogP contribution in [0.2, 0.25) is 0 Å². The lowest BCUT2D eigenvalue weighted by Crippen LogP contribution is -2.22. The molecule has 0 saturated heterocycles. The van der Waals surface area contributed by atoms with Gasteiger partial charge in [-0.25, -0.2) is 8.42 Å². The number of carbonyl (C=O) groups is 1. The summed E-state index contributed by atoms with van der Waals surface area (Å²) in [7, 11) is -2.46. The van der Waals surface area contributed by atoms with E-state index < -0.39 is 14.9 Å².